The molecule has 0 fully saturated rings. The summed E-state index contributed by atoms with van der Waals surface area (Å²) in [5.74, 6) is 1.60. The topological polar surface area (TPSA) is 50.8 Å². The molecule has 1 aliphatic rings. The fourth-order valence-electron chi connectivity index (χ4n) is 3.27. The summed E-state index contributed by atoms with van der Waals surface area (Å²) in [6.45, 7) is 3.36. The first-order valence-corrected chi connectivity index (χ1v) is 9.84. The third kappa shape index (κ3) is 4.56. The van der Waals surface area contributed by atoms with Crippen molar-refractivity contribution in [2.75, 3.05) is 33.9 Å². The van der Waals surface area contributed by atoms with Gasteiger partial charge in [-0.25, -0.2) is 0 Å². The Kier molecular flexibility index (Phi) is 6.52. The molecule has 26 heavy (non-hydrogen) atoms. The lowest BCUT2D eigenvalue weighted by molar-refractivity contribution is -0.130. The van der Waals surface area contributed by atoms with E-state index in [4.69, 9.17) is 9.47 Å². The predicted molar refractivity (Wildman–Crippen MR) is 104 cm³/mol. The third-order valence-corrected chi connectivity index (χ3v) is 5.59. The molecule has 0 aliphatic carbocycles. The molecule has 140 valence electrons. The Hall–Kier alpha value is -2.05. The largest absolute Gasteiger partial charge is 0.493 e. The van der Waals surface area contributed by atoms with Crippen molar-refractivity contribution in [3.05, 3.63) is 45.6 Å². The first kappa shape index (κ1) is 18.7. The van der Waals surface area contributed by atoms with E-state index in [1.807, 2.05) is 17.0 Å². The number of fused-ring (bicyclic) bond motifs is 1. The van der Waals surface area contributed by atoms with Crippen molar-refractivity contribution in [1.82, 2.24) is 10.2 Å². The molecule has 1 aliphatic heterocycles. The molecule has 0 saturated heterocycles. The van der Waals surface area contributed by atoms with Crippen LogP contribution in [0.4, 0.5) is 0 Å². The average Bonchev–Trinajstić information content (AvgIpc) is 3.12. The molecule has 0 unspecified atom stereocenters. The van der Waals surface area contributed by atoms with Gasteiger partial charge in [0.15, 0.2) is 11.5 Å². The lowest BCUT2D eigenvalue weighted by Crippen LogP contribution is -2.34. The molecule has 1 aromatic heterocycles. The Morgan fingerprint density at radius 3 is 2.65 bits per heavy atom. The van der Waals surface area contributed by atoms with Crippen LogP contribution in [0.15, 0.2) is 29.6 Å². The van der Waals surface area contributed by atoms with Gasteiger partial charge in [-0.05, 0) is 54.1 Å². The second kappa shape index (κ2) is 9.05. The standard InChI is InChI=1S/C20H26N2O3S/c1-24-18-11-15-6-9-22(20(23)13-16(15)12-19(18)25-2)8-4-7-21-14-17-5-3-10-26-17/h3,5,10-12,21H,4,6-9,13-14H2,1-2H3. The molecule has 3 rings (SSSR count). The molecule has 6 heteroatoms. The van der Waals surface area contributed by atoms with Crippen LogP contribution in [0.3, 0.4) is 0 Å². The fraction of sp³-hybridized carbons (Fsp3) is 0.450. The Bertz CT molecular complexity index is 731. The number of rotatable bonds is 8. The highest BCUT2D eigenvalue weighted by Crippen LogP contribution is 2.32. The maximum atomic E-state index is 12.6. The molecule has 1 amide bonds. The van der Waals surface area contributed by atoms with Gasteiger partial charge in [0.1, 0.15) is 0 Å². The number of thiophene rings is 1. The van der Waals surface area contributed by atoms with E-state index in [0.717, 1.165) is 50.3 Å². The van der Waals surface area contributed by atoms with Gasteiger partial charge in [-0.15, -0.1) is 11.3 Å². The summed E-state index contributed by atoms with van der Waals surface area (Å²) in [5.41, 5.74) is 2.22. The number of hydrogen-bond acceptors (Lipinski definition) is 5. The molecular formula is C20H26N2O3S. The lowest BCUT2D eigenvalue weighted by Gasteiger charge is -2.20. The number of ether oxygens (including phenoxy) is 2. The highest BCUT2D eigenvalue weighted by Gasteiger charge is 2.22. The molecule has 0 atom stereocenters. The summed E-state index contributed by atoms with van der Waals surface area (Å²) >= 11 is 1.76. The van der Waals surface area contributed by atoms with Gasteiger partial charge in [-0.3, -0.25) is 4.79 Å². The van der Waals surface area contributed by atoms with Gasteiger partial charge in [0.25, 0.3) is 0 Å². The van der Waals surface area contributed by atoms with Crippen LogP contribution in [-0.4, -0.2) is 44.7 Å². The minimum atomic E-state index is 0.189. The molecule has 0 bridgehead atoms. The highest BCUT2D eigenvalue weighted by molar-refractivity contribution is 7.09. The lowest BCUT2D eigenvalue weighted by atomic mass is 10.0. The maximum Gasteiger partial charge on any atom is 0.227 e. The Morgan fingerprint density at radius 2 is 1.96 bits per heavy atom. The molecule has 2 aromatic rings. The van der Waals surface area contributed by atoms with Gasteiger partial charge in [0, 0.05) is 24.5 Å². The van der Waals surface area contributed by atoms with E-state index in [9.17, 15) is 4.79 Å². The Labute approximate surface area is 158 Å². The molecule has 0 spiro atoms. The number of methoxy groups -OCH3 is 2. The molecular weight excluding hydrogens is 348 g/mol. The van der Waals surface area contributed by atoms with Crippen LogP contribution in [0.25, 0.3) is 0 Å². The molecule has 0 saturated carbocycles. The van der Waals surface area contributed by atoms with Crippen molar-refractivity contribution < 1.29 is 14.3 Å². The summed E-state index contributed by atoms with van der Waals surface area (Å²) in [6, 6.07) is 8.15. The van der Waals surface area contributed by atoms with E-state index in [2.05, 4.69) is 22.8 Å². The van der Waals surface area contributed by atoms with Crippen LogP contribution in [0, 0.1) is 0 Å². The monoisotopic (exact) mass is 374 g/mol. The van der Waals surface area contributed by atoms with E-state index in [1.54, 1.807) is 25.6 Å². The molecule has 1 aromatic carbocycles. The first-order chi connectivity index (χ1) is 12.7. The van der Waals surface area contributed by atoms with Crippen molar-refractivity contribution in [1.29, 1.82) is 0 Å². The molecule has 0 radical (unpaired) electrons. The van der Waals surface area contributed by atoms with Gasteiger partial charge < -0.3 is 19.7 Å². The van der Waals surface area contributed by atoms with Gasteiger partial charge in [0.05, 0.1) is 20.6 Å². The van der Waals surface area contributed by atoms with Crippen molar-refractivity contribution in [2.45, 2.75) is 25.8 Å². The van der Waals surface area contributed by atoms with E-state index in [-0.39, 0.29) is 5.91 Å². The van der Waals surface area contributed by atoms with Gasteiger partial charge in [0.2, 0.25) is 5.91 Å². The van der Waals surface area contributed by atoms with Gasteiger partial charge in [-0.2, -0.15) is 0 Å². The summed E-state index contributed by atoms with van der Waals surface area (Å²) in [5, 5.41) is 5.54. The van der Waals surface area contributed by atoms with Crippen molar-refractivity contribution in [2.24, 2.45) is 0 Å². The Morgan fingerprint density at radius 1 is 1.19 bits per heavy atom. The number of carbonyl (C=O) groups is 1. The number of nitrogens with one attached hydrogen (secondary N) is 1. The normalized spacial score (nSPS) is 14.1. The summed E-state index contributed by atoms with van der Waals surface area (Å²) in [7, 11) is 3.26. The number of hydrogen-bond donors (Lipinski definition) is 1. The average molecular weight is 375 g/mol. The van der Waals surface area contributed by atoms with Gasteiger partial charge >= 0.3 is 0 Å². The van der Waals surface area contributed by atoms with E-state index < -0.39 is 0 Å². The first-order valence-electron chi connectivity index (χ1n) is 8.96. The summed E-state index contributed by atoms with van der Waals surface area (Å²) < 4.78 is 10.8. The number of benzene rings is 1. The Balaban J connectivity index is 1.52. The minimum Gasteiger partial charge on any atom is -0.493 e. The molecule has 5 nitrogen and oxygen atoms in total. The second-order valence-corrected chi connectivity index (χ2v) is 7.43. The summed E-state index contributed by atoms with van der Waals surface area (Å²) in [4.78, 5) is 15.9. The van der Waals surface area contributed by atoms with E-state index >= 15 is 0 Å². The maximum absolute atomic E-state index is 12.6. The minimum absolute atomic E-state index is 0.189. The van der Waals surface area contributed by atoms with Crippen molar-refractivity contribution in [3.63, 3.8) is 0 Å². The van der Waals surface area contributed by atoms with Crippen LogP contribution in [-0.2, 0) is 24.2 Å². The summed E-state index contributed by atoms with van der Waals surface area (Å²) in [6.07, 6.45) is 2.24. The van der Waals surface area contributed by atoms with Crippen molar-refractivity contribution >= 4 is 17.2 Å². The number of amides is 1. The van der Waals surface area contributed by atoms with Gasteiger partial charge in [-0.1, -0.05) is 6.07 Å². The smallest absolute Gasteiger partial charge is 0.227 e. The van der Waals surface area contributed by atoms with Crippen LogP contribution in [0.1, 0.15) is 22.4 Å². The van der Waals surface area contributed by atoms with Crippen LogP contribution >= 0.6 is 11.3 Å². The zero-order chi connectivity index (χ0) is 18.4. The molecule has 1 N–H and O–H groups in total. The zero-order valence-corrected chi connectivity index (χ0v) is 16.2. The van der Waals surface area contributed by atoms with Crippen molar-refractivity contribution in [3.8, 4) is 11.5 Å². The number of carbonyl (C=O) groups excluding carboxylic acids is 1. The quantitative estimate of drug-likeness (QED) is 0.722. The van der Waals surface area contributed by atoms with E-state index in [1.165, 1.54) is 10.4 Å². The predicted octanol–water partition coefficient (Wildman–Crippen LogP) is 2.87. The molecule has 2 heterocycles. The van der Waals surface area contributed by atoms with Crippen LogP contribution in [0.2, 0.25) is 0 Å². The zero-order valence-electron chi connectivity index (χ0n) is 15.4. The third-order valence-electron chi connectivity index (χ3n) is 4.71. The number of nitrogens with zero attached hydrogens (tertiary/aromatic N) is 1. The van der Waals surface area contributed by atoms with Crippen LogP contribution in [0.5, 0.6) is 11.5 Å². The van der Waals surface area contributed by atoms with E-state index in [0.29, 0.717) is 12.2 Å². The highest BCUT2D eigenvalue weighted by atomic mass is 32.1. The SMILES string of the molecule is COc1cc2c(cc1OC)CC(=O)N(CCCNCc1cccs1)CC2. The fourth-order valence-corrected chi connectivity index (χ4v) is 3.95. The van der Waals surface area contributed by atoms with Crippen LogP contribution < -0.4 is 14.8 Å². The second-order valence-electron chi connectivity index (χ2n) is 6.39.